The van der Waals surface area contributed by atoms with Gasteiger partial charge in [-0.15, -0.1) is 0 Å². The van der Waals surface area contributed by atoms with Crippen LogP contribution in [-0.2, 0) is 6.42 Å². The van der Waals surface area contributed by atoms with Gasteiger partial charge in [0.05, 0.1) is 0 Å². The SMILES string of the molecule is CCCCc1c2ccccc2c(-c2ccc3c(c2)SC2=C(c4c5ccccc5c(-c5ccccc5)c5ccccc45)C=CCC23)c2ccccc12. The molecular formula is C50H38S. The van der Waals surface area contributed by atoms with Crippen molar-refractivity contribution >= 4 is 60.4 Å². The first kappa shape index (κ1) is 30.5. The Kier molecular flexibility index (Phi) is 7.43. The zero-order chi connectivity index (χ0) is 33.9. The van der Waals surface area contributed by atoms with E-state index in [0.717, 1.165) is 12.8 Å². The lowest BCUT2D eigenvalue weighted by atomic mass is 9.81. The van der Waals surface area contributed by atoms with Crippen molar-refractivity contribution in [1.82, 2.24) is 0 Å². The van der Waals surface area contributed by atoms with Crippen molar-refractivity contribution < 1.29 is 0 Å². The summed E-state index contributed by atoms with van der Waals surface area (Å²) in [5.74, 6) is 0.371. The van der Waals surface area contributed by atoms with Crippen molar-refractivity contribution in [3.05, 3.63) is 179 Å². The van der Waals surface area contributed by atoms with Gasteiger partial charge in [-0.2, -0.15) is 0 Å². The molecule has 51 heavy (non-hydrogen) atoms. The number of allylic oxidation sites excluding steroid dienone is 4. The molecule has 2 aliphatic rings. The zero-order valence-corrected chi connectivity index (χ0v) is 29.6. The number of unbranched alkanes of at least 4 members (excludes halogenated alkanes) is 1. The second kappa shape index (κ2) is 12.4. The summed E-state index contributed by atoms with van der Waals surface area (Å²) < 4.78 is 0. The third-order valence-electron chi connectivity index (χ3n) is 11.2. The number of thioether (sulfide) groups is 1. The minimum atomic E-state index is 0.371. The maximum absolute atomic E-state index is 2.50. The summed E-state index contributed by atoms with van der Waals surface area (Å²) in [6.45, 7) is 2.29. The van der Waals surface area contributed by atoms with E-state index in [9.17, 15) is 0 Å². The lowest BCUT2D eigenvalue weighted by molar-refractivity contribution is 0.802. The minimum Gasteiger partial charge on any atom is -0.0929 e. The molecule has 0 spiro atoms. The topological polar surface area (TPSA) is 0 Å². The Bertz CT molecular complexity index is 2610. The van der Waals surface area contributed by atoms with Crippen LogP contribution in [0.5, 0.6) is 0 Å². The van der Waals surface area contributed by atoms with Crippen LogP contribution in [0.2, 0.25) is 0 Å². The fraction of sp³-hybridized carbons (Fsp3) is 0.120. The van der Waals surface area contributed by atoms with Crippen molar-refractivity contribution in [3.63, 3.8) is 0 Å². The molecule has 0 saturated carbocycles. The molecule has 1 unspecified atom stereocenters. The van der Waals surface area contributed by atoms with Crippen molar-refractivity contribution in [1.29, 1.82) is 0 Å². The molecule has 8 aromatic carbocycles. The van der Waals surface area contributed by atoms with E-state index < -0.39 is 0 Å². The fourth-order valence-corrected chi connectivity index (χ4v) is 10.4. The fourth-order valence-electron chi connectivity index (χ4n) is 8.97. The summed E-state index contributed by atoms with van der Waals surface area (Å²) in [6.07, 6.45) is 9.38. The maximum atomic E-state index is 2.50. The molecule has 1 heteroatoms. The Morgan fingerprint density at radius 3 is 1.63 bits per heavy atom. The Morgan fingerprint density at radius 1 is 0.529 bits per heavy atom. The van der Waals surface area contributed by atoms with Crippen LogP contribution in [0.15, 0.2) is 168 Å². The van der Waals surface area contributed by atoms with Gasteiger partial charge in [0.15, 0.2) is 0 Å². The molecule has 1 aliphatic heterocycles. The van der Waals surface area contributed by atoms with E-state index in [1.165, 1.54) is 110 Å². The van der Waals surface area contributed by atoms with Crippen molar-refractivity contribution in [3.8, 4) is 22.3 Å². The molecule has 1 heterocycles. The van der Waals surface area contributed by atoms with Crippen LogP contribution in [0.3, 0.4) is 0 Å². The second-order valence-corrected chi connectivity index (χ2v) is 15.2. The van der Waals surface area contributed by atoms with Gasteiger partial charge in [0.2, 0.25) is 0 Å². The highest BCUT2D eigenvalue weighted by Gasteiger charge is 2.33. The Hall–Kier alpha value is -5.37. The van der Waals surface area contributed by atoms with Crippen molar-refractivity contribution in [2.75, 3.05) is 0 Å². The van der Waals surface area contributed by atoms with E-state index in [2.05, 4.69) is 165 Å². The quantitative estimate of drug-likeness (QED) is 0.159. The number of hydrogen-bond acceptors (Lipinski definition) is 1. The van der Waals surface area contributed by atoms with E-state index in [1.54, 1.807) is 0 Å². The Morgan fingerprint density at radius 2 is 1.04 bits per heavy atom. The second-order valence-electron chi connectivity index (χ2n) is 14.1. The van der Waals surface area contributed by atoms with Gasteiger partial charge in [0, 0.05) is 15.7 Å². The lowest BCUT2D eigenvalue weighted by Gasteiger charge is -2.23. The van der Waals surface area contributed by atoms with Crippen LogP contribution in [0, 0.1) is 0 Å². The highest BCUT2D eigenvalue weighted by atomic mass is 32.2. The molecule has 1 atom stereocenters. The summed E-state index contributed by atoms with van der Waals surface area (Å²) >= 11 is 2.00. The average Bonchev–Trinajstić information content (AvgIpc) is 3.57. The third-order valence-corrected chi connectivity index (χ3v) is 12.5. The number of benzene rings is 8. The van der Waals surface area contributed by atoms with Crippen LogP contribution >= 0.6 is 11.8 Å². The van der Waals surface area contributed by atoms with Crippen LogP contribution in [0.4, 0.5) is 0 Å². The summed E-state index contributed by atoms with van der Waals surface area (Å²) in [7, 11) is 0. The summed E-state index contributed by atoms with van der Waals surface area (Å²) in [5.41, 5.74) is 10.9. The first-order chi connectivity index (χ1) is 25.3. The first-order valence-electron chi connectivity index (χ1n) is 18.4. The highest BCUT2D eigenvalue weighted by molar-refractivity contribution is 8.03. The molecule has 8 aromatic rings. The molecule has 0 radical (unpaired) electrons. The molecule has 244 valence electrons. The average molecular weight is 671 g/mol. The number of hydrogen-bond donors (Lipinski definition) is 0. The van der Waals surface area contributed by atoms with E-state index in [-0.39, 0.29) is 0 Å². The Labute approximate surface area is 304 Å². The standard InChI is InChI=1S/C50H38S/c1-2-3-18-34-35-19-7-9-21-38(35)48(39-22-10-8-20-36(34)39)33-29-30-37-44-27-15-28-45(50(44)51-46(37)31-33)49-42-25-13-11-23-40(42)47(32-16-5-4-6-17-32)41-24-12-14-26-43(41)49/h4-17,19-26,28-31,44H,2-3,18,27H2,1H3. The molecule has 0 aromatic heterocycles. The summed E-state index contributed by atoms with van der Waals surface area (Å²) in [6, 6.07) is 54.5. The van der Waals surface area contributed by atoms with Crippen LogP contribution in [0.1, 0.15) is 48.8 Å². The van der Waals surface area contributed by atoms with E-state index >= 15 is 0 Å². The molecule has 0 N–H and O–H groups in total. The summed E-state index contributed by atoms with van der Waals surface area (Å²) in [5, 5.41) is 10.8. The van der Waals surface area contributed by atoms with Gasteiger partial charge in [-0.1, -0.05) is 177 Å². The molecule has 0 amide bonds. The smallest absolute Gasteiger partial charge is 0.0205 e. The molecule has 0 fully saturated rings. The predicted octanol–water partition coefficient (Wildman–Crippen LogP) is 14.5. The summed E-state index contributed by atoms with van der Waals surface area (Å²) in [4.78, 5) is 2.88. The van der Waals surface area contributed by atoms with Gasteiger partial charge < -0.3 is 0 Å². The van der Waals surface area contributed by atoms with Crippen molar-refractivity contribution in [2.24, 2.45) is 0 Å². The van der Waals surface area contributed by atoms with Crippen LogP contribution in [-0.4, -0.2) is 0 Å². The minimum absolute atomic E-state index is 0.371. The number of fused-ring (bicyclic) bond motifs is 7. The molecule has 0 bridgehead atoms. The number of aryl methyl sites for hydroxylation is 1. The third kappa shape index (κ3) is 4.83. The number of rotatable bonds is 6. The first-order valence-corrected chi connectivity index (χ1v) is 19.3. The highest BCUT2D eigenvalue weighted by Crippen LogP contribution is 2.57. The van der Waals surface area contributed by atoms with Gasteiger partial charge in [-0.05, 0) is 113 Å². The zero-order valence-electron chi connectivity index (χ0n) is 28.8. The van der Waals surface area contributed by atoms with Gasteiger partial charge in [0.25, 0.3) is 0 Å². The van der Waals surface area contributed by atoms with Crippen LogP contribution < -0.4 is 0 Å². The Balaban J connectivity index is 1.17. The largest absolute Gasteiger partial charge is 0.0929 e. The molecule has 0 nitrogen and oxygen atoms in total. The van der Waals surface area contributed by atoms with Gasteiger partial charge >= 0.3 is 0 Å². The van der Waals surface area contributed by atoms with Gasteiger partial charge in [0.1, 0.15) is 0 Å². The van der Waals surface area contributed by atoms with Crippen LogP contribution in [0.25, 0.3) is 70.9 Å². The maximum Gasteiger partial charge on any atom is 0.0205 e. The van der Waals surface area contributed by atoms with Gasteiger partial charge in [-0.25, -0.2) is 0 Å². The molecule has 0 saturated heterocycles. The molecular weight excluding hydrogens is 633 g/mol. The molecule has 10 rings (SSSR count). The normalized spacial score (nSPS) is 15.3. The van der Waals surface area contributed by atoms with E-state index in [4.69, 9.17) is 0 Å². The van der Waals surface area contributed by atoms with E-state index in [1.807, 2.05) is 11.8 Å². The van der Waals surface area contributed by atoms with E-state index in [0.29, 0.717) is 5.92 Å². The monoisotopic (exact) mass is 670 g/mol. The lowest BCUT2D eigenvalue weighted by Crippen LogP contribution is -2.02. The van der Waals surface area contributed by atoms with Crippen molar-refractivity contribution in [2.45, 2.75) is 43.4 Å². The predicted molar refractivity (Wildman–Crippen MR) is 222 cm³/mol. The molecule has 1 aliphatic carbocycles. The van der Waals surface area contributed by atoms with Gasteiger partial charge in [-0.3, -0.25) is 0 Å².